The van der Waals surface area contributed by atoms with Crippen molar-refractivity contribution in [1.29, 1.82) is 0 Å². The van der Waals surface area contributed by atoms with Gasteiger partial charge in [-0.15, -0.1) is 0 Å². The molecule has 0 saturated carbocycles. The second kappa shape index (κ2) is 5.00. The lowest BCUT2D eigenvalue weighted by Gasteiger charge is -2.16. The third kappa shape index (κ3) is 3.25. The lowest BCUT2D eigenvalue weighted by atomic mass is 10.0. The van der Waals surface area contributed by atoms with Gasteiger partial charge in [-0.25, -0.2) is 8.78 Å². The first kappa shape index (κ1) is 12.5. The molecule has 0 heterocycles. The van der Waals surface area contributed by atoms with E-state index in [0.717, 1.165) is 12.1 Å². The summed E-state index contributed by atoms with van der Waals surface area (Å²) in [5, 5.41) is 27.1. The van der Waals surface area contributed by atoms with Crippen LogP contribution in [0.1, 0.15) is 18.1 Å². The molecule has 6 heteroatoms. The summed E-state index contributed by atoms with van der Waals surface area (Å²) in [5.74, 6) is -3.13. The first-order chi connectivity index (χ1) is 7.40. The van der Waals surface area contributed by atoms with Crippen molar-refractivity contribution in [2.75, 3.05) is 0 Å². The Hall–Kier alpha value is -1.53. The van der Waals surface area contributed by atoms with E-state index in [1.807, 2.05) is 0 Å². The number of aliphatic hydroxyl groups is 2. The van der Waals surface area contributed by atoms with E-state index in [0.29, 0.717) is 6.07 Å². The smallest absolute Gasteiger partial charge is 0.306 e. The molecule has 0 aromatic heterocycles. The van der Waals surface area contributed by atoms with E-state index >= 15 is 0 Å². The molecule has 0 saturated heterocycles. The maximum absolute atomic E-state index is 12.8. The molecule has 3 N–H and O–H groups in total. The Bertz CT molecular complexity index is 374. The third-order valence-corrected chi connectivity index (χ3v) is 1.97. The molecule has 2 atom stereocenters. The van der Waals surface area contributed by atoms with E-state index in [9.17, 15) is 23.8 Å². The highest BCUT2D eigenvalue weighted by molar-refractivity contribution is 5.67. The summed E-state index contributed by atoms with van der Waals surface area (Å²) >= 11 is 0. The van der Waals surface area contributed by atoms with Gasteiger partial charge < -0.3 is 15.3 Å². The molecule has 0 aliphatic rings. The van der Waals surface area contributed by atoms with E-state index in [-0.39, 0.29) is 5.56 Å². The van der Waals surface area contributed by atoms with Crippen LogP contribution in [0.5, 0.6) is 0 Å². The van der Waals surface area contributed by atoms with Gasteiger partial charge in [0.05, 0.1) is 12.5 Å². The Morgan fingerprint density at radius 2 is 1.69 bits per heavy atom. The zero-order chi connectivity index (χ0) is 12.3. The Balaban J connectivity index is 2.86. The summed E-state index contributed by atoms with van der Waals surface area (Å²) in [6.07, 6.45) is -3.96. The number of carboxylic acid groups (broad SMARTS) is 1. The van der Waals surface area contributed by atoms with Gasteiger partial charge >= 0.3 is 5.97 Å². The first-order valence-corrected chi connectivity index (χ1v) is 4.44. The number of hydrogen-bond donors (Lipinski definition) is 3. The van der Waals surface area contributed by atoms with E-state index in [1.54, 1.807) is 0 Å². The zero-order valence-electron chi connectivity index (χ0n) is 8.10. The van der Waals surface area contributed by atoms with E-state index in [1.165, 1.54) is 0 Å². The minimum atomic E-state index is -1.64. The fourth-order valence-electron chi connectivity index (χ4n) is 1.26. The van der Waals surface area contributed by atoms with E-state index in [2.05, 4.69) is 0 Å². The molecular weight excluding hydrogens is 222 g/mol. The SMILES string of the molecule is O=C(O)CC(O)C(O)c1cc(F)cc(F)c1. The molecule has 0 fully saturated rings. The van der Waals surface area contributed by atoms with Crippen molar-refractivity contribution in [2.45, 2.75) is 18.6 Å². The van der Waals surface area contributed by atoms with Gasteiger partial charge in [-0.1, -0.05) is 0 Å². The topological polar surface area (TPSA) is 77.8 Å². The Labute approximate surface area is 89.8 Å². The van der Waals surface area contributed by atoms with Crippen LogP contribution in [0.15, 0.2) is 18.2 Å². The number of hydrogen-bond acceptors (Lipinski definition) is 3. The maximum atomic E-state index is 12.8. The van der Waals surface area contributed by atoms with Gasteiger partial charge in [0, 0.05) is 6.07 Å². The Kier molecular flexibility index (Phi) is 3.92. The molecule has 2 unspecified atom stereocenters. The second-order valence-corrected chi connectivity index (χ2v) is 3.31. The third-order valence-electron chi connectivity index (χ3n) is 1.97. The summed E-state index contributed by atoms with van der Waals surface area (Å²) in [6.45, 7) is 0. The van der Waals surface area contributed by atoms with Crippen LogP contribution in [0, 0.1) is 11.6 Å². The molecule has 0 aliphatic carbocycles. The van der Waals surface area contributed by atoms with Gasteiger partial charge in [-0.3, -0.25) is 4.79 Å². The number of carboxylic acids is 1. The van der Waals surface area contributed by atoms with Crippen molar-refractivity contribution in [3.05, 3.63) is 35.4 Å². The van der Waals surface area contributed by atoms with Crippen molar-refractivity contribution >= 4 is 5.97 Å². The van der Waals surface area contributed by atoms with Crippen molar-refractivity contribution < 1.29 is 28.9 Å². The van der Waals surface area contributed by atoms with Gasteiger partial charge in [-0.05, 0) is 17.7 Å². The van der Waals surface area contributed by atoms with Gasteiger partial charge in [0.2, 0.25) is 0 Å². The van der Waals surface area contributed by atoms with Crippen LogP contribution in [-0.4, -0.2) is 27.4 Å². The second-order valence-electron chi connectivity index (χ2n) is 3.31. The lowest BCUT2D eigenvalue weighted by molar-refractivity contribution is -0.141. The summed E-state index contributed by atoms with van der Waals surface area (Å²) in [4.78, 5) is 10.3. The highest BCUT2D eigenvalue weighted by Crippen LogP contribution is 2.21. The Morgan fingerprint density at radius 3 is 2.12 bits per heavy atom. The molecule has 1 rings (SSSR count). The van der Waals surface area contributed by atoms with Crippen molar-refractivity contribution in [3.63, 3.8) is 0 Å². The molecule has 0 bridgehead atoms. The fourth-order valence-corrected chi connectivity index (χ4v) is 1.26. The molecule has 4 nitrogen and oxygen atoms in total. The molecule has 0 radical (unpaired) electrons. The number of rotatable bonds is 4. The van der Waals surface area contributed by atoms with Crippen molar-refractivity contribution in [2.24, 2.45) is 0 Å². The predicted molar refractivity (Wildman–Crippen MR) is 49.6 cm³/mol. The van der Waals surface area contributed by atoms with Crippen LogP contribution in [-0.2, 0) is 4.79 Å². The molecule has 0 amide bonds. The monoisotopic (exact) mass is 232 g/mol. The minimum Gasteiger partial charge on any atom is -0.481 e. The molecule has 0 aliphatic heterocycles. The average Bonchev–Trinajstić information content (AvgIpc) is 2.13. The van der Waals surface area contributed by atoms with Crippen LogP contribution in [0.3, 0.4) is 0 Å². The van der Waals surface area contributed by atoms with Crippen molar-refractivity contribution in [1.82, 2.24) is 0 Å². The Morgan fingerprint density at radius 1 is 1.19 bits per heavy atom. The van der Waals surface area contributed by atoms with Gasteiger partial charge in [-0.2, -0.15) is 0 Å². The largest absolute Gasteiger partial charge is 0.481 e. The molecule has 1 aromatic rings. The predicted octanol–water partition coefficient (Wildman–Crippen LogP) is 0.834. The summed E-state index contributed by atoms with van der Waals surface area (Å²) in [7, 11) is 0. The number of carbonyl (C=O) groups is 1. The number of benzene rings is 1. The molecule has 1 aromatic carbocycles. The highest BCUT2D eigenvalue weighted by Gasteiger charge is 2.22. The van der Waals surface area contributed by atoms with Crippen LogP contribution in [0.2, 0.25) is 0 Å². The first-order valence-electron chi connectivity index (χ1n) is 4.44. The fraction of sp³-hybridized carbons (Fsp3) is 0.300. The quantitative estimate of drug-likeness (QED) is 0.718. The molecule has 16 heavy (non-hydrogen) atoms. The highest BCUT2D eigenvalue weighted by atomic mass is 19.1. The standard InChI is InChI=1S/C10H10F2O4/c11-6-1-5(2-7(12)3-6)10(16)8(13)4-9(14)15/h1-3,8,10,13,16H,4H2,(H,14,15). The summed E-state index contributed by atoms with van der Waals surface area (Å²) in [5.41, 5.74) is -0.203. The van der Waals surface area contributed by atoms with Gasteiger partial charge in [0.1, 0.15) is 17.7 Å². The lowest BCUT2D eigenvalue weighted by Crippen LogP contribution is -2.22. The van der Waals surface area contributed by atoms with Crippen LogP contribution >= 0.6 is 0 Å². The van der Waals surface area contributed by atoms with E-state index < -0.39 is 36.2 Å². The van der Waals surface area contributed by atoms with E-state index in [4.69, 9.17) is 5.11 Å². The van der Waals surface area contributed by atoms with Crippen LogP contribution in [0.4, 0.5) is 8.78 Å². The van der Waals surface area contributed by atoms with Gasteiger partial charge in [0.15, 0.2) is 0 Å². The average molecular weight is 232 g/mol. The van der Waals surface area contributed by atoms with Gasteiger partial charge in [0.25, 0.3) is 0 Å². The number of halogens is 2. The van der Waals surface area contributed by atoms with Crippen LogP contribution < -0.4 is 0 Å². The molecular formula is C10H10F2O4. The zero-order valence-corrected chi connectivity index (χ0v) is 8.10. The van der Waals surface area contributed by atoms with Crippen LogP contribution in [0.25, 0.3) is 0 Å². The molecule has 0 spiro atoms. The maximum Gasteiger partial charge on any atom is 0.306 e. The summed E-state index contributed by atoms with van der Waals surface area (Å²) in [6, 6.07) is 2.28. The minimum absolute atomic E-state index is 0.203. The molecule has 88 valence electrons. The number of aliphatic hydroxyl groups excluding tert-OH is 2. The summed E-state index contributed by atoms with van der Waals surface area (Å²) < 4.78 is 25.5. The number of aliphatic carboxylic acids is 1. The van der Waals surface area contributed by atoms with Crippen molar-refractivity contribution in [3.8, 4) is 0 Å². The normalized spacial score (nSPS) is 14.5.